The number of rotatable bonds is 9. The van der Waals surface area contributed by atoms with Crippen LogP contribution in [0.3, 0.4) is 0 Å². The molecule has 0 aliphatic carbocycles. The highest BCUT2D eigenvalue weighted by atomic mass is 32.2. The van der Waals surface area contributed by atoms with Crippen molar-refractivity contribution in [1.29, 1.82) is 0 Å². The summed E-state index contributed by atoms with van der Waals surface area (Å²) in [6, 6.07) is 0.0186. The molecule has 2 unspecified atom stereocenters. The average Bonchev–Trinajstić information content (AvgIpc) is 2.81. The molecule has 1 saturated heterocycles. The largest absolute Gasteiger partial charge is 0.385 e. The maximum Gasteiger partial charge on any atom is 0.151 e. The Morgan fingerprint density at radius 2 is 2.28 bits per heavy atom. The third kappa shape index (κ3) is 5.65. The topological polar surface area (TPSA) is 64.6 Å². The third-order valence-electron chi connectivity index (χ3n) is 3.24. The Labute approximate surface area is 110 Å². The zero-order valence-corrected chi connectivity index (χ0v) is 12.2. The van der Waals surface area contributed by atoms with E-state index in [0.717, 1.165) is 19.6 Å². The van der Waals surface area contributed by atoms with Crippen molar-refractivity contribution < 1.29 is 17.9 Å². The van der Waals surface area contributed by atoms with Crippen LogP contribution < -0.4 is 5.32 Å². The lowest BCUT2D eigenvalue weighted by Gasteiger charge is -2.23. The van der Waals surface area contributed by atoms with Gasteiger partial charge < -0.3 is 14.8 Å². The van der Waals surface area contributed by atoms with E-state index in [1.54, 1.807) is 7.11 Å². The zero-order valence-electron chi connectivity index (χ0n) is 11.4. The predicted molar refractivity (Wildman–Crippen MR) is 71.5 cm³/mol. The summed E-state index contributed by atoms with van der Waals surface area (Å²) in [5.74, 6) is 0.733. The molecule has 1 aliphatic rings. The van der Waals surface area contributed by atoms with E-state index in [1.165, 1.54) is 0 Å². The van der Waals surface area contributed by atoms with E-state index in [9.17, 15) is 8.42 Å². The van der Waals surface area contributed by atoms with Crippen LogP contribution in [0.4, 0.5) is 0 Å². The Hall–Kier alpha value is -0.170. The second kappa shape index (κ2) is 8.09. The molecule has 1 aliphatic heterocycles. The van der Waals surface area contributed by atoms with Gasteiger partial charge in [-0.15, -0.1) is 0 Å². The maximum atomic E-state index is 12.0. The Morgan fingerprint density at radius 3 is 2.83 bits per heavy atom. The molecule has 0 amide bonds. The quantitative estimate of drug-likeness (QED) is 0.621. The summed E-state index contributed by atoms with van der Waals surface area (Å²) in [6.45, 7) is 4.70. The molecular weight excluding hydrogens is 254 g/mol. The molecule has 0 spiro atoms. The Balaban J connectivity index is 2.47. The lowest BCUT2D eigenvalue weighted by Crippen LogP contribution is -2.42. The van der Waals surface area contributed by atoms with Crippen molar-refractivity contribution in [1.82, 2.24) is 5.32 Å². The molecular formula is C12H25NO4S. The zero-order chi connectivity index (χ0) is 13.4. The van der Waals surface area contributed by atoms with Gasteiger partial charge in [-0.2, -0.15) is 0 Å². The van der Waals surface area contributed by atoms with Crippen molar-refractivity contribution in [2.24, 2.45) is 5.92 Å². The first kappa shape index (κ1) is 15.9. The highest BCUT2D eigenvalue weighted by molar-refractivity contribution is 7.91. The highest BCUT2D eigenvalue weighted by Gasteiger charge is 2.29. The molecule has 1 heterocycles. The smallest absolute Gasteiger partial charge is 0.151 e. The summed E-state index contributed by atoms with van der Waals surface area (Å²) in [5.41, 5.74) is 0. The van der Waals surface area contributed by atoms with Gasteiger partial charge in [0.2, 0.25) is 0 Å². The SMILES string of the molecule is CCNC(CS(=O)(=O)CCCOC)C1CCOC1. The molecule has 2 atom stereocenters. The van der Waals surface area contributed by atoms with E-state index in [2.05, 4.69) is 5.32 Å². The number of methoxy groups -OCH3 is 1. The molecule has 0 aromatic rings. The first-order valence-electron chi connectivity index (χ1n) is 6.59. The molecule has 0 radical (unpaired) electrons. The minimum Gasteiger partial charge on any atom is -0.385 e. The van der Waals surface area contributed by atoms with Gasteiger partial charge in [0.05, 0.1) is 18.1 Å². The highest BCUT2D eigenvalue weighted by Crippen LogP contribution is 2.18. The second-order valence-corrected chi connectivity index (χ2v) is 6.98. The van der Waals surface area contributed by atoms with E-state index < -0.39 is 9.84 Å². The summed E-state index contributed by atoms with van der Waals surface area (Å²) in [7, 11) is -1.42. The summed E-state index contributed by atoms with van der Waals surface area (Å²) < 4.78 is 34.3. The summed E-state index contributed by atoms with van der Waals surface area (Å²) in [4.78, 5) is 0. The van der Waals surface area contributed by atoms with E-state index in [0.29, 0.717) is 25.6 Å². The second-order valence-electron chi connectivity index (χ2n) is 4.75. The number of sulfone groups is 1. The maximum absolute atomic E-state index is 12.0. The average molecular weight is 279 g/mol. The van der Waals surface area contributed by atoms with Crippen molar-refractivity contribution in [3.63, 3.8) is 0 Å². The molecule has 0 saturated carbocycles. The van der Waals surface area contributed by atoms with Crippen LogP contribution in [-0.4, -0.2) is 59.4 Å². The van der Waals surface area contributed by atoms with Gasteiger partial charge >= 0.3 is 0 Å². The molecule has 6 heteroatoms. The fourth-order valence-corrected chi connectivity index (χ4v) is 3.94. The molecule has 1 fully saturated rings. The first-order chi connectivity index (χ1) is 8.59. The van der Waals surface area contributed by atoms with Gasteiger partial charge in [-0.05, 0) is 19.4 Å². The van der Waals surface area contributed by atoms with Crippen LogP contribution in [0.15, 0.2) is 0 Å². The van der Waals surface area contributed by atoms with E-state index in [4.69, 9.17) is 9.47 Å². The number of ether oxygens (including phenoxy) is 2. The van der Waals surface area contributed by atoms with Crippen LogP contribution in [0.2, 0.25) is 0 Å². The number of hydrogen-bond donors (Lipinski definition) is 1. The van der Waals surface area contributed by atoms with Crippen LogP contribution in [0.25, 0.3) is 0 Å². The normalized spacial score (nSPS) is 22.2. The van der Waals surface area contributed by atoms with E-state index in [-0.39, 0.29) is 17.5 Å². The van der Waals surface area contributed by atoms with Crippen molar-refractivity contribution in [2.45, 2.75) is 25.8 Å². The van der Waals surface area contributed by atoms with E-state index in [1.807, 2.05) is 6.92 Å². The summed E-state index contributed by atoms with van der Waals surface area (Å²) in [5, 5.41) is 3.28. The predicted octanol–water partition coefficient (Wildman–Crippen LogP) is 0.452. The number of hydrogen-bond acceptors (Lipinski definition) is 5. The van der Waals surface area contributed by atoms with Gasteiger partial charge in [-0.3, -0.25) is 0 Å². The molecule has 0 bridgehead atoms. The first-order valence-corrected chi connectivity index (χ1v) is 8.41. The van der Waals surface area contributed by atoms with Gasteiger partial charge in [0.15, 0.2) is 9.84 Å². The number of nitrogens with one attached hydrogen (secondary N) is 1. The molecule has 1 rings (SSSR count). The third-order valence-corrected chi connectivity index (χ3v) is 5.02. The molecule has 0 aromatic carbocycles. The standard InChI is InChI=1S/C12H25NO4S/c1-3-13-12(11-5-7-17-9-11)10-18(14,15)8-4-6-16-2/h11-13H,3-10H2,1-2H3. The van der Waals surface area contributed by atoms with Gasteiger partial charge in [0.1, 0.15) is 0 Å². The molecule has 108 valence electrons. The van der Waals surface area contributed by atoms with Crippen LogP contribution in [0.5, 0.6) is 0 Å². The molecule has 5 nitrogen and oxygen atoms in total. The van der Waals surface area contributed by atoms with Crippen molar-refractivity contribution >= 4 is 9.84 Å². The van der Waals surface area contributed by atoms with Gasteiger partial charge in [-0.1, -0.05) is 6.92 Å². The molecule has 18 heavy (non-hydrogen) atoms. The van der Waals surface area contributed by atoms with Crippen LogP contribution in [-0.2, 0) is 19.3 Å². The van der Waals surface area contributed by atoms with Gasteiger partial charge in [0.25, 0.3) is 0 Å². The van der Waals surface area contributed by atoms with Crippen LogP contribution in [0, 0.1) is 5.92 Å². The van der Waals surface area contributed by atoms with Crippen molar-refractivity contribution in [3.8, 4) is 0 Å². The lowest BCUT2D eigenvalue weighted by atomic mass is 10.0. The Kier molecular flexibility index (Phi) is 7.14. The minimum atomic E-state index is -3.01. The van der Waals surface area contributed by atoms with Crippen molar-refractivity contribution in [2.75, 3.05) is 45.0 Å². The summed E-state index contributed by atoms with van der Waals surface area (Å²) in [6.07, 6.45) is 1.52. The van der Waals surface area contributed by atoms with E-state index >= 15 is 0 Å². The fourth-order valence-electron chi connectivity index (χ4n) is 2.27. The minimum absolute atomic E-state index is 0.0186. The Bertz CT molecular complexity index is 312. The monoisotopic (exact) mass is 279 g/mol. The van der Waals surface area contributed by atoms with Crippen LogP contribution >= 0.6 is 0 Å². The fraction of sp³-hybridized carbons (Fsp3) is 1.00. The molecule has 1 N–H and O–H groups in total. The van der Waals surface area contributed by atoms with Gasteiger partial charge in [0, 0.05) is 32.3 Å². The summed E-state index contributed by atoms with van der Waals surface area (Å²) >= 11 is 0. The Morgan fingerprint density at radius 1 is 1.50 bits per heavy atom. The van der Waals surface area contributed by atoms with Crippen molar-refractivity contribution in [3.05, 3.63) is 0 Å². The molecule has 0 aromatic heterocycles. The van der Waals surface area contributed by atoms with Gasteiger partial charge in [-0.25, -0.2) is 8.42 Å². The lowest BCUT2D eigenvalue weighted by molar-refractivity contribution is 0.179. The van der Waals surface area contributed by atoms with Crippen LogP contribution in [0.1, 0.15) is 19.8 Å².